The number of carbonyl (C=O) groups is 1. The summed E-state index contributed by atoms with van der Waals surface area (Å²) >= 11 is 1.21. The van der Waals surface area contributed by atoms with Crippen LogP contribution in [0.2, 0.25) is 0 Å². The third kappa shape index (κ3) is 2.90. The Morgan fingerprint density at radius 3 is 2.89 bits per heavy atom. The summed E-state index contributed by atoms with van der Waals surface area (Å²) in [4.78, 5) is 19.9. The van der Waals surface area contributed by atoms with Gasteiger partial charge in [0.05, 0.1) is 18.7 Å². The van der Waals surface area contributed by atoms with E-state index in [1.54, 1.807) is 18.4 Å². The molecule has 1 heterocycles. The summed E-state index contributed by atoms with van der Waals surface area (Å²) in [6, 6.07) is 7.22. The molecule has 1 aliphatic heterocycles. The van der Waals surface area contributed by atoms with Gasteiger partial charge >= 0.3 is 0 Å². The fourth-order valence-electron chi connectivity index (χ4n) is 1.71. The fourth-order valence-corrected chi connectivity index (χ4v) is 2.06. The standard InChI is InChI=1S/C13H12N2O2S/c1-14-10-5-3-9(4-6-10)12-7-11(17-15-12)8-13(16)18-2/h3-6,11H,7-8H2,2H3. The van der Waals surface area contributed by atoms with Gasteiger partial charge < -0.3 is 4.84 Å². The second-order valence-electron chi connectivity index (χ2n) is 3.91. The molecule has 1 unspecified atom stereocenters. The molecule has 0 aromatic heterocycles. The van der Waals surface area contributed by atoms with E-state index in [-0.39, 0.29) is 11.2 Å². The van der Waals surface area contributed by atoms with Crippen molar-refractivity contribution in [2.75, 3.05) is 6.26 Å². The quantitative estimate of drug-likeness (QED) is 0.785. The van der Waals surface area contributed by atoms with Gasteiger partial charge in [-0.05, 0) is 11.8 Å². The van der Waals surface area contributed by atoms with E-state index in [0.717, 1.165) is 11.3 Å². The van der Waals surface area contributed by atoms with Gasteiger partial charge in [-0.25, -0.2) is 4.85 Å². The molecule has 92 valence electrons. The summed E-state index contributed by atoms with van der Waals surface area (Å²) in [5.74, 6) is 0. The lowest BCUT2D eigenvalue weighted by atomic mass is 10.0. The number of oxime groups is 1. The van der Waals surface area contributed by atoms with E-state index < -0.39 is 0 Å². The molecule has 0 radical (unpaired) electrons. The van der Waals surface area contributed by atoms with Crippen molar-refractivity contribution < 1.29 is 9.63 Å². The topological polar surface area (TPSA) is 43.0 Å². The summed E-state index contributed by atoms with van der Waals surface area (Å²) in [6.45, 7) is 6.88. The van der Waals surface area contributed by atoms with Crippen molar-refractivity contribution in [1.82, 2.24) is 0 Å². The summed E-state index contributed by atoms with van der Waals surface area (Å²) in [5, 5.41) is 4.12. The maximum atomic E-state index is 11.3. The molecular weight excluding hydrogens is 248 g/mol. The Morgan fingerprint density at radius 1 is 1.56 bits per heavy atom. The van der Waals surface area contributed by atoms with Crippen molar-refractivity contribution >= 4 is 28.3 Å². The highest BCUT2D eigenvalue weighted by molar-refractivity contribution is 8.13. The van der Waals surface area contributed by atoms with Gasteiger partial charge in [0.1, 0.15) is 6.10 Å². The molecular formula is C13H12N2O2S. The predicted molar refractivity (Wildman–Crippen MR) is 71.9 cm³/mol. The minimum absolute atomic E-state index is 0.111. The second kappa shape index (κ2) is 5.69. The van der Waals surface area contributed by atoms with Gasteiger partial charge in [0.2, 0.25) is 0 Å². The molecule has 5 heteroatoms. The first kappa shape index (κ1) is 12.7. The summed E-state index contributed by atoms with van der Waals surface area (Å²) in [5.41, 5.74) is 2.39. The first-order chi connectivity index (χ1) is 8.72. The van der Waals surface area contributed by atoms with Crippen LogP contribution in [0.3, 0.4) is 0 Å². The van der Waals surface area contributed by atoms with Crippen LogP contribution in [0.1, 0.15) is 18.4 Å². The molecule has 1 aromatic carbocycles. The van der Waals surface area contributed by atoms with Crippen molar-refractivity contribution in [3.05, 3.63) is 41.2 Å². The third-order valence-electron chi connectivity index (χ3n) is 2.68. The highest BCUT2D eigenvalue weighted by atomic mass is 32.2. The van der Waals surface area contributed by atoms with Crippen molar-refractivity contribution in [3.63, 3.8) is 0 Å². The molecule has 0 bridgehead atoms. The summed E-state index contributed by atoms with van der Waals surface area (Å²) in [7, 11) is 0. The summed E-state index contributed by atoms with van der Waals surface area (Å²) in [6.07, 6.45) is 2.64. The van der Waals surface area contributed by atoms with Crippen molar-refractivity contribution in [1.29, 1.82) is 0 Å². The van der Waals surface area contributed by atoms with Crippen LogP contribution >= 0.6 is 11.8 Å². The lowest BCUT2D eigenvalue weighted by molar-refractivity contribution is -0.113. The van der Waals surface area contributed by atoms with E-state index >= 15 is 0 Å². The highest BCUT2D eigenvalue weighted by Gasteiger charge is 2.24. The van der Waals surface area contributed by atoms with Crippen LogP contribution in [-0.2, 0) is 9.63 Å². The average Bonchev–Trinajstić information content (AvgIpc) is 2.87. The molecule has 0 spiro atoms. The average molecular weight is 260 g/mol. The van der Waals surface area contributed by atoms with E-state index in [1.807, 2.05) is 12.1 Å². The molecule has 18 heavy (non-hydrogen) atoms. The molecule has 0 saturated carbocycles. The first-order valence-corrected chi connectivity index (χ1v) is 6.73. The van der Waals surface area contributed by atoms with E-state index in [4.69, 9.17) is 11.4 Å². The number of hydrogen-bond donors (Lipinski definition) is 0. The molecule has 0 fully saturated rings. The lowest BCUT2D eigenvalue weighted by Gasteiger charge is -2.05. The second-order valence-corrected chi connectivity index (χ2v) is 4.77. The van der Waals surface area contributed by atoms with Gasteiger partial charge in [0.25, 0.3) is 0 Å². The Balaban J connectivity index is 1.99. The Kier molecular flexibility index (Phi) is 4.00. The molecule has 0 aliphatic carbocycles. The number of carbonyl (C=O) groups excluding carboxylic acids is 1. The minimum atomic E-state index is -0.152. The minimum Gasteiger partial charge on any atom is -0.391 e. The van der Waals surface area contributed by atoms with E-state index in [9.17, 15) is 4.79 Å². The maximum absolute atomic E-state index is 11.3. The van der Waals surface area contributed by atoms with E-state index in [0.29, 0.717) is 18.5 Å². The van der Waals surface area contributed by atoms with E-state index in [1.165, 1.54) is 11.8 Å². The van der Waals surface area contributed by atoms with Crippen molar-refractivity contribution in [2.24, 2.45) is 5.16 Å². The van der Waals surface area contributed by atoms with Crippen LogP contribution < -0.4 is 0 Å². The number of hydrogen-bond acceptors (Lipinski definition) is 4. The monoisotopic (exact) mass is 260 g/mol. The zero-order valence-electron chi connectivity index (χ0n) is 9.92. The SMILES string of the molecule is [C-]#[N+]c1ccc(C2=NOC(CC(=O)SC)C2)cc1. The van der Waals surface area contributed by atoms with Gasteiger partial charge in [0, 0.05) is 6.42 Å². The first-order valence-electron chi connectivity index (χ1n) is 5.50. The van der Waals surface area contributed by atoms with Gasteiger partial charge in [-0.3, -0.25) is 4.79 Å². The smallest absolute Gasteiger partial charge is 0.192 e. The normalized spacial score (nSPS) is 17.8. The third-order valence-corrected chi connectivity index (χ3v) is 3.31. The van der Waals surface area contributed by atoms with Gasteiger partial charge in [-0.1, -0.05) is 41.2 Å². The summed E-state index contributed by atoms with van der Waals surface area (Å²) < 4.78 is 0. The van der Waals surface area contributed by atoms with Crippen LogP contribution in [0, 0.1) is 6.57 Å². The largest absolute Gasteiger partial charge is 0.391 e. The Hall–Kier alpha value is -1.80. The van der Waals surface area contributed by atoms with E-state index in [2.05, 4.69) is 10.0 Å². The number of thioether (sulfide) groups is 1. The predicted octanol–water partition coefficient (Wildman–Crippen LogP) is 3.01. The van der Waals surface area contributed by atoms with Crippen LogP contribution in [0.5, 0.6) is 0 Å². The Morgan fingerprint density at radius 2 is 2.28 bits per heavy atom. The van der Waals surface area contributed by atoms with Crippen molar-refractivity contribution in [2.45, 2.75) is 18.9 Å². The zero-order chi connectivity index (χ0) is 13.0. The van der Waals surface area contributed by atoms with Crippen LogP contribution in [0.25, 0.3) is 4.85 Å². The van der Waals surface area contributed by atoms with Crippen LogP contribution in [0.15, 0.2) is 29.4 Å². The fraction of sp³-hybridized carbons (Fsp3) is 0.308. The Bertz CT molecular complexity index is 517. The molecule has 1 aliphatic rings. The number of benzene rings is 1. The van der Waals surface area contributed by atoms with Gasteiger partial charge in [-0.2, -0.15) is 0 Å². The Labute approximate surface area is 110 Å². The maximum Gasteiger partial charge on any atom is 0.192 e. The molecule has 4 nitrogen and oxygen atoms in total. The number of rotatable bonds is 3. The molecule has 2 rings (SSSR count). The van der Waals surface area contributed by atoms with Gasteiger partial charge in [0.15, 0.2) is 10.8 Å². The molecule has 0 N–H and O–H groups in total. The highest BCUT2D eigenvalue weighted by Crippen LogP contribution is 2.22. The molecule has 1 aromatic rings. The number of nitrogens with zero attached hydrogens (tertiary/aromatic N) is 2. The lowest BCUT2D eigenvalue weighted by Crippen LogP contribution is -2.12. The van der Waals surface area contributed by atoms with Crippen LogP contribution in [-0.4, -0.2) is 23.2 Å². The van der Waals surface area contributed by atoms with Crippen LogP contribution in [0.4, 0.5) is 5.69 Å². The molecule has 0 amide bonds. The van der Waals surface area contributed by atoms with Gasteiger partial charge in [-0.15, -0.1) is 0 Å². The molecule has 0 saturated heterocycles. The van der Waals surface area contributed by atoms with Crippen molar-refractivity contribution in [3.8, 4) is 0 Å². The molecule has 1 atom stereocenters. The zero-order valence-corrected chi connectivity index (χ0v) is 10.7.